The highest BCUT2D eigenvalue weighted by Crippen LogP contribution is 2.34. The lowest BCUT2D eigenvalue weighted by Gasteiger charge is -2.20. The molecular formula is C10H21NO. The van der Waals surface area contributed by atoms with Crippen molar-refractivity contribution in [1.82, 2.24) is 0 Å². The van der Waals surface area contributed by atoms with Crippen LogP contribution in [-0.4, -0.2) is 17.3 Å². The average Bonchev–Trinajstić information content (AvgIpc) is 2.70. The fraction of sp³-hybridized carbons (Fsp3) is 1.00. The number of aliphatic hydroxyl groups excluding tert-OH is 1. The summed E-state index contributed by atoms with van der Waals surface area (Å²) < 4.78 is 0. The Labute approximate surface area is 75.2 Å². The Morgan fingerprint density at radius 2 is 2.00 bits per heavy atom. The normalized spacial score (nSPS) is 22.8. The second kappa shape index (κ2) is 4.24. The van der Waals surface area contributed by atoms with Crippen molar-refractivity contribution in [2.75, 3.05) is 0 Å². The minimum absolute atomic E-state index is 0.00870. The van der Waals surface area contributed by atoms with Crippen molar-refractivity contribution in [2.24, 2.45) is 17.6 Å². The van der Waals surface area contributed by atoms with E-state index in [9.17, 15) is 5.11 Å². The first-order valence-corrected chi connectivity index (χ1v) is 5.03. The molecule has 0 amide bonds. The summed E-state index contributed by atoms with van der Waals surface area (Å²) in [7, 11) is 0. The summed E-state index contributed by atoms with van der Waals surface area (Å²) in [6, 6.07) is -0.00870. The molecule has 1 aliphatic carbocycles. The lowest BCUT2D eigenvalue weighted by molar-refractivity contribution is 0.119. The smallest absolute Gasteiger partial charge is 0.0693 e. The van der Waals surface area contributed by atoms with Crippen molar-refractivity contribution in [3.8, 4) is 0 Å². The molecule has 1 saturated carbocycles. The van der Waals surface area contributed by atoms with E-state index >= 15 is 0 Å². The van der Waals surface area contributed by atoms with Crippen molar-refractivity contribution in [2.45, 2.75) is 51.7 Å². The zero-order valence-electron chi connectivity index (χ0n) is 8.16. The number of hydrogen-bond donors (Lipinski definition) is 2. The van der Waals surface area contributed by atoms with Crippen molar-refractivity contribution >= 4 is 0 Å². The molecule has 3 N–H and O–H groups in total. The Morgan fingerprint density at radius 3 is 2.42 bits per heavy atom. The van der Waals surface area contributed by atoms with E-state index < -0.39 is 0 Å². The van der Waals surface area contributed by atoms with E-state index in [4.69, 9.17) is 5.73 Å². The Hall–Kier alpha value is -0.0800. The molecule has 1 rings (SSSR count). The number of nitrogens with two attached hydrogens (primary N) is 1. The van der Waals surface area contributed by atoms with Crippen molar-refractivity contribution < 1.29 is 5.11 Å². The van der Waals surface area contributed by atoms with E-state index in [1.165, 1.54) is 12.8 Å². The molecule has 0 aromatic rings. The van der Waals surface area contributed by atoms with Gasteiger partial charge in [-0.2, -0.15) is 0 Å². The Balaban J connectivity index is 2.14. The molecule has 72 valence electrons. The minimum Gasteiger partial charge on any atom is -0.392 e. The van der Waals surface area contributed by atoms with E-state index in [-0.39, 0.29) is 12.1 Å². The van der Waals surface area contributed by atoms with Gasteiger partial charge in [0.2, 0.25) is 0 Å². The highest BCUT2D eigenvalue weighted by Gasteiger charge is 2.27. The van der Waals surface area contributed by atoms with Gasteiger partial charge in [0.1, 0.15) is 0 Å². The van der Waals surface area contributed by atoms with Gasteiger partial charge in [0.25, 0.3) is 0 Å². The molecule has 0 bridgehead atoms. The van der Waals surface area contributed by atoms with Gasteiger partial charge in [-0.25, -0.2) is 0 Å². The highest BCUT2D eigenvalue weighted by atomic mass is 16.3. The van der Waals surface area contributed by atoms with Gasteiger partial charge in [0.15, 0.2) is 0 Å². The first-order chi connectivity index (χ1) is 5.59. The van der Waals surface area contributed by atoms with Gasteiger partial charge in [-0.15, -0.1) is 0 Å². The third-order valence-electron chi connectivity index (χ3n) is 2.51. The SMILES string of the molecule is CC(C)CC(N)C(O)CC1CC1. The van der Waals surface area contributed by atoms with Crippen molar-refractivity contribution in [1.29, 1.82) is 0 Å². The molecular weight excluding hydrogens is 150 g/mol. The van der Waals surface area contributed by atoms with Gasteiger partial charge >= 0.3 is 0 Å². The van der Waals surface area contributed by atoms with Gasteiger partial charge in [-0.1, -0.05) is 26.7 Å². The first-order valence-electron chi connectivity index (χ1n) is 5.03. The fourth-order valence-electron chi connectivity index (χ4n) is 1.57. The molecule has 2 heteroatoms. The molecule has 0 spiro atoms. The summed E-state index contributed by atoms with van der Waals surface area (Å²) in [6.07, 6.45) is 4.19. The molecule has 1 aliphatic rings. The van der Waals surface area contributed by atoms with Crippen LogP contribution >= 0.6 is 0 Å². The van der Waals surface area contributed by atoms with Crippen LogP contribution in [0.5, 0.6) is 0 Å². The van der Waals surface area contributed by atoms with Crippen LogP contribution in [0.2, 0.25) is 0 Å². The quantitative estimate of drug-likeness (QED) is 0.659. The predicted octanol–water partition coefficient (Wildman–Crippen LogP) is 1.52. The molecule has 2 nitrogen and oxygen atoms in total. The standard InChI is InChI=1S/C10H21NO/c1-7(2)5-9(11)10(12)6-8-3-4-8/h7-10,12H,3-6,11H2,1-2H3. The molecule has 2 unspecified atom stereocenters. The molecule has 0 radical (unpaired) electrons. The highest BCUT2D eigenvalue weighted by molar-refractivity contribution is 4.81. The molecule has 0 saturated heterocycles. The maximum atomic E-state index is 9.65. The lowest BCUT2D eigenvalue weighted by Crippen LogP contribution is -2.36. The zero-order valence-corrected chi connectivity index (χ0v) is 8.16. The Kier molecular flexibility index (Phi) is 3.53. The van der Waals surface area contributed by atoms with Gasteiger partial charge < -0.3 is 10.8 Å². The minimum atomic E-state index is -0.264. The van der Waals surface area contributed by atoms with E-state index in [0.717, 1.165) is 18.8 Å². The number of hydrogen-bond acceptors (Lipinski definition) is 2. The number of aliphatic hydroxyl groups is 1. The molecule has 0 aromatic heterocycles. The van der Waals surface area contributed by atoms with Gasteiger partial charge in [-0.3, -0.25) is 0 Å². The van der Waals surface area contributed by atoms with Crippen LogP contribution in [0.15, 0.2) is 0 Å². The van der Waals surface area contributed by atoms with Crippen LogP contribution in [0.1, 0.15) is 39.5 Å². The maximum absolute atomic E-state index is 9.65. The summed E-state index contributed by atoms with van der Waals surface area (Å²) in [5.74, 6) is 1.37. The molecule has 0 aromatic carbocycles. The lowest BCUT2D eigenvalue weighted by atomic mass is 9.97. The van der Waals surface area contributed by atoms with Crippen LogP contribution in [-0.2, 0) is 0 Å². The zero-order chi connectivity index (χ0) is 9.14. The second-order valence-corrected chi connectivity index (χ2v) is 4.54. The molecule has 2 atom stereocenters. The topological polar surface area (TPSA) is 46.2 Å². The van der Waals surface area contributed by atoms with E-state index in [0.29, 0.717) is 5.92 Å². The first kappa shape index (κ1) is 10.0. The van der Waals surface area contributed by atoms with Crippen LogP contribution in [0.25, 0.3) is 0 Å². The summed E-state index contributed by atoms with van der Waals surface area (Å²) >= 11 is 0. The van der Waals surface area contributed by atoms with Crippen LogP contribution in [0.3, 0.4) is 0 Å². The Bertz CT molecular complexity index is 124. The van der Waals surface area contributed by atoms with Gasteiger partial charge in [0.05, 0.1) is 6.10 Å². The molecule has 12 heavy (non-hydrogen) atoms. The van der Waals surface area contributed by atoms with E-state index in [1.807, 2.05) is 0 Å². The summed E-state index contributed by atoms with van der Waals surface area (Å²) in [5.41, 5.74) is 5.84. The van der Waals surface area contributed by atoms with Crippen LogP contribution in [0, 0.1) is 11.8 Å². The van der Waals surface area contributed by atoms with Gasteiger partial charge in [-0.05, 0) is 24.7 Å². The average molecular weight is 171 g/mol. The third-order valence-corrected chi connectivity index (χ3v) is 2.51. The summed E-state index contributed by atoms with van der Waals surface area (Å²) in [5, 5.41) is 9.65. The molecule has 1 fully saturated rings. The second-order valence-electron chi connectivity index (χ2n) is 4.54. The summed E-state index contributed by atoms with van der Waals surface area (Å²) in [6.45, 7) is 4.29. The van der Waals surface area contributed by atoms with E-state index in [1.54, 1.807) is 0 Å². The largest absolute Gasteiger partial charge is 0.392 e. The third kappa shape index (κ3) is 3.55. The van der Waals surface area contributed by atoms with Crippen molar-refractivity contribution in [3.63, 3.8) is 0 Å². The maximum Gasteiger partial charge on any atom is 0.0693 e. The van der Waals surface area contributed by atoms with Gasteiger partial charge in [0, 0.05) is 6.04 Å². The van der Waals surface area contributed by atoms with Crippen LogP contribution < -0.4 is 5.73 Å². The predicted molar refractivity (Wildman–Crippen MR) is 50.8 cm³/mol. The Morgan fingerprint density at radius 1 is 1.42 bits per heavy atom. The number of rotatable bonds is 5. The molecule has 0 heterocycles. The monoisotopic (exact) mass is 171 g/mol. The van der Waals surface area contributed by atoms with Crippen LogP contribution in [0.4, 0.5) is 0 Å². The van der Waals surface area contributed by atoms with Crippen molar-refractivity contribution in [3.05, 3.63) is 0 Å². The van der Waals surface area contributed by atoms with E-state index in [2.05, 4.69) is 13.8 Å². The fourth-order valence-corrected chi connectivity index (χ4v) is 1.57. The molecule has 0 aliphatic heterocycles. The summed E-state index contributed by atoms with van der Waals surface area (Å²) in [4.78, 5) is 0.